The summed E-state index contributed by atoms with van der Waals surface area (Å²) in [6.07, 6.45) is -5.01. The maximum absolute atomic E-state index is 13.7. The third-order valence-corrected chi connectivity index (χ3v) is 5.74. The summed E-state index contributed by atoms with van der Waals surface area (Å²) in [4.78, 5) is 6.26. The maximum atomic E-state index is 13.7. The first-order valence-electron chi connectivity index (χ1n) is 9.13. The first-order chi connectivity index (χ1) is 14.1. The molecule has 160 valence electrons. The number of rotatable bonds is 3. The molecule has 4 rings (SSSR count). The predicted octanol–water partition coefficient (Wildman–Crippen LogP) is 4.58. The van der Waals surface area contributed by atoms with E-state index < -0.39 is 17.8 Å². The van der Waals surface area contributed by atoms with E-state index in [1.807, 2.05) is 11.8 Å². The van der Waals surface area contributed by atoms with Gasteiger partial charge in [-0.3, -0.25) is 0 Å². The number of anilines is 1. The van der Waals surface area contributed by atoms with E-state index in [2.05, 4.69) is 10.1 Å². The number of fused-ring (bicyclic) bond motifs is 1. The van der Waals surface area contributed by atoms with Crippen LogP contribution in [0, 0.1) is 0 Å². The first kappa shape index (κ1) is 21.0. The van der Waals surface area contributed by atoms with E-state index in [0.717, 1.165) is 4.52 Å². The van der Waals surface area contributed by atoms with E-state index in [1.165, 1.54) is 6.07 Å². The van der Waals surface area contributed by atoms with Crippen molar-refractivity contribution in [2.75, 3.05) is 24.6 Å². The van der Waals surface area contributed by atoms with Crippen LogP contribution in [0.1, 0.15) is 23.7 Å². The molecule has 0 spiro atoms. The molecule has 3 heterocycles. The van der Waals surface area contributed by atoms with E-state index in [-0.39, 0.29) is 33.8 Å². The number of benzene rings is 1. The Labute approximate surface area is 179 Å². The van der Waals surface area contributed by atoms with Gasteiger partial charge in [-0.25, -0.2) is 4.98 Å². The Morgan fingerprint density at radius 3 is 2.77 bits per heavy atom. The third kappa shape index (κ3) is 3.89. The second-order valence-corrected chi connectivity index (χ2v) is 7.84. The highest BCUT2D eigenvalue weighted by Crippen LogP contribution is 2.37. The lowest BCUT2D eigenvalue weighted by Crippen LogP contribution is -2.41. The highest BCUT2D eigenvalue weighted by molar-refractivity contribution is 6.42. The zero-order valence-electron chi connectivity index (χ0n) is 15.7. The maximum Gasteiger partial charge on any atom is 0.435 e. The minimum Gasteiger partial charge on any atom is -0.493 e. The van der Waals surface area contributed by atoms with Crippen molar-refractivity contribution in [2.24, 2.45) is 0 Å². The highest BCUT2D eigenvalue weighted by atomic mass is 35.5. The number of hydrogen-bond acceptors (Lipinski definition) is 5. The summed E-state index contributed by atoms with van der Waals surface area (Å²) in [5.74, 6) is -0.0923. The van der Waals surface area contributed by atoms with Crippen LogP contribution in [0.3, 0.4) is 0 Å². The van der Waals surface area contributed by atoms with E-state index in [4.69, 9.17) is 27.9 Å². The number of ether oxygens (including phenoxy) is 1. The number of halogens is 5. The third-order valence-electron chi connectivity index (χ3n) is 4.88. The van der Waals surface area contributed by atoms with Gasteiger partial charge in [-0.1, -0.05) is 35.3 Å². The monoisotopic (exact) mass is 460 g/mol. The van der Waals surface area contributed by atoms with Gasteiger partial charge in [0.1, 0.15) is 5.82 Å². The Morgan fingerprint density at radius 2 is 2.07 bits per heavy atom. The van der Waals surface area contributed by atoms with Crippen molar-refractivity contribution < 1.29 is 23.0 Å². The molecule has 0 amide bonds. The van der Waals surface area contributed by atoms with Crippen LogP contribution in [0.2, 0.25) is 10.0 Å². The summed E-state index contributed by atoms with van der Waals surface area (Å²) in [6, 6.07) is 6.05. The van der Waals surface area contributed by atoms with Crippen molar-refractivity contribution in [1.29, 1.82) is 0 Å². The molecule has 3 aromatic rings. The summed E-state index contributed by atoms with van der Waals surface area (Å²) < 4.78 is 47.5. The molecule has 0 bridgehead atoms. The van der Waals surface area contributed by atoms with Gasteiger partial charge in [-0.15, -0.1) is 0 Å². The molecule has 1 aromatic carbocycles. The van der Waals surface area contributed by atoms with Gasteiger partial charge in [0.2, 0.25) is 5.88 Å². The lowest BCUT2D eigenvalue weighted by atomic mass is 10.0. The second kappa shape index (κ2) is 7.79. The summed E-state index contributed by atoms with van der Waals surface area (Å²) in [6.45, 7) is 3.34. The van der Waals surface area contributed by atoms with Gasteiger partial charge in [0.05, 0.1) is 22.8 Å². The molecule has 1 fully saturated rings. The standard InChI is InChI=1S/C19H17Cl2F3N4O2/c1-10-9-27(5-6-30-10)14-8-15(29)28-18(25-14)12(17(26-28)19(22,23)24)7-11-3-2-4-13(20)16(11)21/h2-4,8,10,29H,5-7,9H2,1H3. The zero-order chi connectivity index (χ0) is 21.6. The van der Waals surface area contributed by atoms with Crippen molar-refractivity contribution in [3.63, 3.8) is 0 Å². The lowest BCUT2D eigenvalue weighted by Gasteiger charge is -2.32. The Balaban J connectivity index is 1.88. The molecule has 1 atom stereocenters. The van der Waals surface area contributed by atoms with Gasteiger partial charge in [0, 0.05) is 31.1 Å². The van der Waals surface area contributed by atoms with Crippen LogP contribution in [-0.4, -0.2) is 45.5 Å². The van der Waals surface area contributed by atoms with E-state index in [0.29, 0.717) is 31.1 Å². The molecular formula is C19H17Cl2F3N4O2. The van der Waals surface area contributed by atoms with Crippen LogP contribution in [-0.2, 0) is 17.3 Å². The molecule has 1 unspecified atom stereocenters. The molecule has 0 radical (unpaired) electrons. The smallest absolute Gasteiger partial charge is 0.435 e. The molecule has 1 aliphatic heterocycles. The van der Waals surface area contributed by atoms with Gasteiger partial charge < -0.3 is 14.7 Å². The van der Waals surface area contributed by atoms with Crippen molar-refractivity contribution in [3.8, 4) is 5.88 Å². The van der Waals surface area contributed by atoms with E-state index in [9.17, 15) is 18.3 Å². The molecule has 1 aliphatic rings. The average Bonchev–Trinajstić information content (AvgIpc) is 3.05. The van der Waals surface area contributed by atoms with Crippen LogP contribution >= 0.6 is 23.2 Å². The molecule has 0 saturated carbocycles. The second-order valence-electron chi connectivity index (χ2n) is 7.05. The van der Waals surface area contributed by atoms with Crippen LogP contribution in [0.5, 0.6) is 5.88 Å². The largest absolute Gasteiger partial charge is 0.493 e. The van der Waals surface area contributed by atoms with Gasteiger partial charge in [0.15, 0.2) is 11.3 Å². The topological polar surface area (TPSA) is 62.9 Å². The fraction of sp³-hybridized carbons (Fsp3) is 0.368. The van der Waals surface area contributed by atoms with Crippen LogP contribution in [0.15, 0.2) is 24.3 Å². The summed E-state index contributed by atoms with van der Waals surface area (Å²) >= 11 is 12.2. The molecule has 6 nitrogen and oxygen atoms in total. The molecule has 1 N–H and O–H groups in total. The fourth-order valence-corrected chi connectivity index (χ4v) is 3.87. The van der Waals surface area contributed by atoms with Crippen LogP contribution in [0.4, 0.5) is 19.0 Å². The normalized spacial score (nSPS) is 17.7. The summed E-state index contributed by atoms with van der Waals surface area (Å²) in [7, 11) is 0. The number of aromatic nitrogens is 3. The SMILES string of the molecule is CC1CN(c2cc(O)n3nc(C(F)(F)F)c(Cc4cccc(Cl)c4Cl)c3n2)CCO1. The molecule has 2 aromatic heterocycles. The Bertz CT molecular complexity index is 1100. The fourth-order valence-electron chi connectivity index (χ4n) is 3.49. The van der Waals surface area contributed by atoms with Gasteiger partial charge >= 0.3 is 6.18 Å². The number of morpholine rings is 1. The van der Waals surface area contributed by atoms with Gasteiger partial charge in [-0.05, 0) is 18.6 Å². The summed E-state index contributed by atoms with van der Waals surface area (Å²) in [5.41, 5.74) is -1.01. The van der Waals surface area contributed by atoms with Crippen LogP contribution in [0.25, 0.3) is 5.65 Å². The number of alkyl halides is 3. The Morgan fingerprint density at radius 1 is 1.30 bits per heavy atom. The van der Waals surface area contributed by atoms with Gasteiger partial charge in [0.25, 0.3) is 0 Å². The average molecular weight is 461 g/mol. The lowest BCUT2D eigenvalue weighted by molar-refractivity contribution is -0.141. The van der Waals surface area contributed by atoms with Crippen molar-refractivity contribution in [1.82, 2.24) is 14.6 Å². The molecule has 11 heteroatoms. The number of nitrogens with zero attached hydrogens (tertiary/aromatic N) is 4. The predicted molar refractivity (Wildman–Crippen MR) is 107 cm³/mol. The van der Waals surface area contributed by atoms with Gasteiger partial charge in [-0.2, -0.15) is 22.8 Å². The molecule has 30 heavy (non-hydrogen) atoms. The Kier molecular flexibility index (Phi) is 5.46. The minimum atomic E-state index is -4.74. The molecular weight excluding hydrogens is 444 g/mol. The van der Waals surface area contributed by atoms with Crippen molar-refractivity contribution >= 4 is 34.7 Å². The van der Waals surface area contributed by atoms with E-state index in [1.54, 1.807) is 18.2 Å². The first-order valence-corrected chi connectivity index (χ1v) is 9.89. The van der Waals surface area contributed by atoms with Crippen molar-refractivity contribution in [2.45, 2.75) is 25.6 Å². The zero-order valence-corrected chi connectivity index (χ0v) is 17.3. The minimum absolute atomic E-state index is 0.0701. The van der Waals surface area contributed by atoms with Crippen LogP contribution < -0.4 is 4.90 Å². The molecule has 0 aliphatic carbocycles. The summed E-state index contributed by atoms with van der Waals surface area (Å²) in [5, 5.41) is 14.4. The Hall–Kier alpha value is -2.23. The highest BCUT2D eigenvalue weighted by Gasteiger charge is 2.39. The number of hydrogen-bond donors (Lipinski definition) is 1. The van der Waals surface area contributed by atoms with E-state index >= 15 is 0 Å². The van der Waals surface area contributed by atoms with Crippen molar-refractivity contribution in [3.05, 3.63) is 51.1 Å². The number of aromatic hydroxyl groups is 1. The quantitative estimate of drug-likeness (QED) is 0.619. The molecule has 1 saturated heterocycles.